The third-order valence-corrected chi connectivity index (χ3v) is 10.9. The molecule has 1 aliphatic carbocycles. The lowest BCUT2D eigenvalue weighted by atomic mass is 9.73. The molecule has 11 heteroatoms. The minimum absolute atomic E-state index is 0.202. The van der Waals surface area contributed by atoms with Crippen LogP contribution in [0.3, 0.4) is 0 Å². The van der Waals surface area contributed by atoms with Crippen LogP contribution in [0.15, 0.2) is 83.6 Å². The Kier molecular flexibility index (Phi) is 8.83. The van der Waals surface area contributed by atoms with Crippen LogP contribution in [0.25, 0.3) is 27.6 Å². The molecule has 0 spiro atoms. The van der Waals surface area contributed by atoms with Gasteiger partial charge < -0.3 is 19.9 Å². The molecular weight excluding hydrogens is 654 g/mol. The highest BCUT2D eigenvalue weighted by atomic mass is 16.4. The third kappa shape index (κ3) is 6.23. The first-order chi connectivity index (χ1) is 25.2. The number of nitrogens with zero attached hydrogens (tertiary/aromatic N) is 6. The van der Waals surface area contributed by atoms with Gasteiger partial charge in [-0.25, -0.2) is 9.97 Å². The second-order valence-corrected chi connectivity index (χ2v) is 14.4. The van der Waals surface area contributed by atoms with Gasteiger partial charge in [0, 0.05) is 56.4 Å². The standard InChI is InChI=1S/C41H41N7O4/c1-25-6-3-4-7-33(25)34-8-5-12-41(26(34)2,46-38-36-29(9-13-43-38)17-28(20-44-36)22-48-15-11-32(49)24-48)40-45-35-18-27(16-31(19-42)37(35)52-40)21-47-14-10-30(23-47)39(50)51/h3-9,12-13,16-18,20,26,30,32,49H,10-11,14-15,21-24H2,1-2H3,(H,43,46)(H,50,51)/t26?,30-,32+,41?/m1/s1. The number of aliphatic hydroxyl groups excluding tert-OH is 1. The van der Waals surface area contributed by atoms with E-state index in [1.165, 1.54) is 0 Å². The van der Waals surface area contributed by atoms with Crippen molar-refractivity contribution in [3.63, 3.8) is 0 Å². The number of hydrogen-bond acceptors (Lipinski definition) is 10. The molecule has 2 unspecified atom stereocenters. The second-order valence-electron chi connectivity index (χ2n) is 14.4. The zero-order valence-corrected chi connectivity index (χ0v) is 29.3. The molecule has 11 nitrogen and oxygen atoms in total. The minimum Gasteiger partial charge on any atom is -0.481 e. The Labute approximate surface area is 301 Å². The van der Waals surface area contributed by atoms with Gasteiger partial charge in [-0.2, -0.15) is 5.26 Å². The number of anilines is 1. The number of carboxylic acids is 1. The topological polar surface area (TPSA) is 152 Å². The van der Waals surface area contributed by atoms with Crippen LogP contribution in [0, 0.1) is 30.1 Å². The molecule has 2 fully saturated rings. The number of aromatic nitrogens is 3. The first-order valence-corrected chi connectivity index (χ1v) is 17.9. The first kappa shape index (κ1) is 33.7. The number of β-amino-alcohol motifs (C(OH)–C–C–N with tert-alkyl or cyclic N) is 1. The number of aliphatic carboxylic acids is 1. The molecule has 4 atom stereocenters. The van der Waals surface area contributed by atoms with Crippen molar-refractivity contribution in [3.8, 4) is 6.07 Å². The summed E-state index contributed by atoms with van der Waals surface area (Å²) in [6.45, 7) is 8.14. The molecule has 2 aromatic carbocycles. The zero-order chi connectivity index (χ0) is 36.0. The number of fused-ring (bicyclic) bond motifs is 2. The summed E-state index contributed by atoms with van der Waals surface area (Å²) in [6, 6.07) is 18.5. The number of carbonyl (C=O) groups is 1. The molecule has 3 N–H and O–H groups in total. The number of oxazole rings is 1. The summed E-state index contributed by atoms with van der Waals surface area (Å²) in [5.41, 5.74) is 6.34. The fraction of sp³-hybridized carbons (Fsp3) is 0.341. The number of allylic oxidation sites excluding steroid dienone is 2. The lowest BCUT2D eigenvalue weighted by Gasteiger charge is -2.39. The quantitative estimate of drug-likeness (QED) is 0.166. The second kappa shape index (κ2) is 13.6. The Balaban J connectivity index is 1.20. The fourth-order valence-electron chi connectivity index (χ4n) is 8.09. The SMILES string of the molecule is Cc1ccccc1C1=CC=CC(Nc2nccc3cc(CN4CC[C@H](O)C4)cnc23)(c2nc3cc(CN4CC[C@@H](C(=O)O)C4)cc(C#N)c3o2)C1C. The fourth-order valence-corrected chi connectivity index (χ4v) is 8.09. The Morgan fingerprint density at radius 3 is 2.65 bits per heavy atom. The first-order valence-electron chi connectivity index (χ1n) is 17.9. The van der Waals surface area contributed by atoms with Gasteiger partial charge in [0.2, 0.25) is 5.89 Å². The summed E-state index contributed by atoms with van der Waals surface area (Å²) in [6.07, 6.45) is 11.0. The van der Waals surface area contributed by atoms with Gasteiger partial charge in [0.15, 0.2) is 11.4 Å². The number of nitriles is 1. The summed E-state index contributed by atoms with van der Waals surface area (Å²) >= 11 is 0. The molecule has 0 amide bonds. The van der Waals surface area contributed by atoms with Crippen LogP contribution in [0.4, 0.5) is 5.82 Å². The molecule has 3 aliphatic rings. The number of pyridine rings is 2. The van der Waals surface area contributed by atoms with Crippen molar-refractivity contribution in [2.24, 2.45) is 11.8 Å². The Morgan fingerprint density at radius 2 is 1.88 bits per heavy atom. The molecule has 0 radical (unpaired) electrons. The predicted octanol–water partition coefficient (Wildman–Crippen LogP) is 6.02. The van der Waals surface area contributed by atoms with Crippen molar-refractivity contribution in [3.05, 3.63) is 113 Å². The molecule has 8 rings (SSSR count). The zero-order valence-electron chi connectivity index (χ0n) is 29.3. The number of aliphatic hydroxyl groups is 1. The lowest BCUT2D eigenvalue weighted by Crippen LogP contribution is -2.42. The van der Waals surface area contributed by atoms with Gasteiger partial charge in [-0.15, -0.1) is 0 Å². The van der Waals surface area contributed by atoms with E-state index in [0.29, 0.717) is 73.0 Å². The van der Waals surface area contributed by atoms with Gasteiger partial charge in [-0.3, -0.25) is 19.6 Å². The number of benzene rings is 2. The summed E-state index contributed by atoms with van der Waals surface area (Å²) in [4.78, 5) is 30.7. The summed E-state index contributed by atoms with van der Waals surface area (Å²) in [7, 11) is 0. The number of likely N-dealkylation sites (tertiary alicyclic amines) is 2. The predicted molar refractivity (Wildman–Crippen MR) is 198 cm³/mol. The van der Waals surface area contributed by atoms with Crippen molar-refractivity contribution < 1.29 is 19.4 Å². The van der Waals surface area contributed by atoms with E-state index in [4.69, 9.17) is 19.4 Å². The van der Waals surface area contributed by atoms with E-state index in [9.17, 15) is 20.3 Å². The molecule has 2 saturated heterocycles. The molecule has 52 heavy (non-hydrogen) atoms. The summed E-state index contributed by atoms with van der Waals surface area (Å²) in [5.74, 6) is -0.390. The summed E-state index contributed by atoms with van der Waals surface area (Å²) in [5, 5.41) is 34.5. The van der Waals surface area contributed by atoms with Crippen LogP contribution in [-0.4, -0.2) is 73.2 Å². The molecule has 264 valence electrons. The number of aryl methyl sites for hydroxylation is 1. The van der Waals surface area contributed by atoms with E-state index in [1.807, 2.05) is 42.6 Å². The van der Waals surface area contributed by atoms with Gasteiger partial charge in [0.1, 0.15) is 22.6 Å². The third-order valence-electron chi connectivity index (χ3n) is 10.9. The van der Waals surface area contributed by atoms with Gasteiger partial charge in [-0.05, 0) is 84.5 Å². The average molecular weight is 696 g/mol. The number of rotatable bonds is 9. The maximum Gasteiger partial charge on any atom is 0.307 e. The monoisotopic (exact) mass is 695 g/mol. The van der Waals surface area contributed by atoms with E-state index in [-0.39, 0.29) is 17.9 Å². The van der Waals surface area contributed by atoms with Crippen LogP contribution in [0.5, 0.6) is 0 Å². The van der Waals surface area contributed by atoms with Gasteiger partial charge in [-0.1, -0.05) is 43.3 Å². The Morgan fingerprint density at radius 1 is 1.08 bits per heavy atom. The number of hydrogen-bond donors (Lipinski definition) is 3. The molecular formula is C41H41N7O4. The van der Waals surface area contributed by atoms with Crippen LogP contribution in [0.2, 0.25) is 0 Å². The van der Waals surface area contributed by atoms with Crippen molar-refractivity contribution in [1.29, 1.82) is 5.26 Å². The minimum atomic E-state index is -1.02. The highest BCUT2D eigenvalue weighted by Crippen LogP contribution is 2.46. The summed E-state index contributed by atoms with van der Waals surface area (Å²) < 4.78 is 6.64. The van der Waals surface area contributed by atoms with E-state index in [2.05, 4.69) is 65.4 Å². The maximum atomic E-state index is 11.6. The smallest absolute Gasteiger partial charge is 0.307 e. The lowest BCUT2D eigenvalue weighted by molar-refractivity contribution is -0.141. The van der Waals surface area contributed by atoms with Crippen LogP contribution in [0.1, 0.15) is 53.5 Å². The van der Waals surface area contributed by atoms with Crippen LogP contribution < -0.4 is 5.32 Å². The van der Waals surface area contributed by atoms with Crippen LogP contribution >= 0.6 is 0 Å². The molecule has 5 aromatic rings. The van der Waals surface area contributed by atoms with Crippen molar-refractivity contribution in [1.82, 2.24) is 24.8 Å². The highest BCUT2D eigenvalue weighted by molar-refractivity contribution is 5.89. The van der Waals surface area contributed by atoms with E-state index < -0.39 is 11.5 Å². The largest absolute Gasteiger partial charge is 0.481 e. The average Bonchev–Trinajstić information content (AvgIpc) is 3.90. The molecule has 2 aliphatic heterocycles. The van der Waals surface area contributed by atoms with Crippen molar-refractivity contribution in [2.45, 2.75) is 51.4 Å². The molecule has 0 bridgehead atoms. The van der Waals surface area contributed by atoms with E-state index >= 15 is 0 Å². The maximum absolute atomic E-state index is 11.6. The Hall–Kier alpha value is -5.41. The highest BCUT2D eigenvalue weighted by Gasteiger charge is 2.45. The van der Waals surface area contributed by atoms with E-state index in [1.54, 1.807) is 6.20 Å². The number of carboxylic acid groups (broad SMARTS) is 1. The van der Waals surface area contributed by atoms with Gasteiger partial charge >= 0.3 is 5.97 Å². The van der Waals surface area contributed by atoms with Gasteiger partial charge in [0.25, 0.3) is 0 Å². The van der Waals surface area contributed by atoms with Crippen molar-refractivity contribution in [2.75, 3.05) is 31.5 Å². The normalized spacial score (nSPS) is 23.7. The molecule has 5 heterocycles. The van der Waals surface area contributed by atoms with Crippen LogP contribution in [-0.2, 0) is 23.4 Å². The van der Waals surface area contributed by atoms with Crippen molar-refractivity contribution >= 4 is 39.4 Å². The van der Waals surface area contributed by atoms with E-state index in [0.717, 1.165) is 46.2 Å². The number of nitrogens with one attached hydrogen (secondary N) is 1. The molecule has 0 saturated carbocycles. The Bertz CT molecular complexity index is 2290. The van der Waals surface area contributed by atoms with Gasteiger partial charge in [0.05, 0.1) is 17.6 Å². The molecule has 3 aromatic heterocycles.